The minimum absolute atomic E-state index is 0.0258. The van der Waals surface area contributed by atoms with E-state index >= 15 is 0 Å². The number of aliphatic hydroxyl groups excluding tert-OH is 1. The van der Waals surface area contributed by atoms with E-state index in [1.54, 1.807) is 6.92 Å². The molecule has 11 heteroatoms. The predicted octanol–water partition coefficient (Wildman–Crippen LogP) is 6.09. The van der Waals surface area contributed by atoms with Crippen LogP contribution in [0.3, 0.4) is 0 Å². The molecule has 192 valence electrons. The zero-order valence-electron chi connectivity index (χ0n) is 19.5. The zero-order valence-corrected chi connectivity index (χ0v) is 21.7. The van der Waals surface area contributed by atoms with E-state index in [-0.39, 0.29) is 67.1 Å². The molecular formula is C26H20Cl3NO7. The number of Topliss-reactive ketones (excluding diaryl/α,β-unsaturated/α-hetero) is 1. The highest BCUT2D eigenvalue weighted by Crippen LogP contribution is 2.48. The monoisotopic (exact) mass is 563 g/mol. The summed E-state index contributed by atoms with van der Waals surface area (Å²) in [6.07, 6.45) is 0. The van der Waals surface area contributed by atoms with Crippen molar-refractivity contribution in [3.63, 3.8) is 0 Å². The predicted molar refractivity (Wildman–Crippen MR) is 140 cm³/mol. The van der Waals surface area contributed by atoms with E-state index < -0.39 is 23.5 Å². The molecule has 1 saturated heterocycles. The van der Waals surface area contributed by atoms with Gasteiger partial charge >= 0.3 is 0 Å². The van der Waals surface area contributed by atoms with E-state index in [1.165, 1.54) is 55.6 Å². The van der Waals surface area contributed by atoms with Gasteiger partial charge in [-0.1, -0.05) is 40.9 Å². The average molecular weight is 565 g/mol. The molecule has 1 aliphatic rings. The van der Waals surface area contributed by atoms with Crippen LogP contribution in [0.15, 0.2) is 54.1 Å². The van der Waals surface area contributed by atoms with Crippen molar-refractivity contribution in [2.45, 2.75) is 13.0 Å². The van der Waals surface area contributed by atoms with Gasteiger partial charge in [0.05, 0.1) is 41.6 Å². The van der Waals surface area contributed by atoms with Crippen LogP contribution in [0.5, 0.6) is 23.0 Å². The quantitative estimate of drug-likeness (QED) is 0.188. The number of amides is 1. The minimum Gasteiger partial charge on any atom is -0.507 e. The van der Waals surface area contributed by atoms with Gasteiger partial charge in [-0.05, 0) is 55.0 Å². The Kier molecular flexibility index (Phi) is 7.45. The Morgan fingerprint density at radius 2 is 1.68 bits per heavy atom. The minimum atomic E-state index is -1.27. The number of anilines is 1. The average Bonchev–Trinajstić information content (AvgIpc) is 3.11. The molecule has 1 heterocycles. The summed E-state index contributed by atoms with van der Waals surface area (Å²) < 4.78 is 10.8. The number of carbonyl (C=O) groups is 2. The van der Waals surface area contributed by atoms with Crippen molar-refractivity contribution in [3.05, 3.63) is 80.3 Å². The highest BCUT2D eigenvalue weighted by molar-refractivity contribution is 6.52. The third-order valence-corrected chi connectivity index (χ3v) is 6.44. The van der Waals surface area contributed by atoms with Gasteiger partial charge in [0.25, 0.3) is 11.7 Å². The third-order valence-electron chi connectivity index (χ3n) is 5.71. The van der Waals surface area contributed by atoms with Crippen LogP contribution in [0.1, 0.15) is 24.1 Å². The number of nitrogens with zero attached hydrogens (tertiary/aromatic N) is 1. The number of aliphatic hydroxyl groups is 1. The molecule has 1 fully saturated rings. The molecule has 0 aliphatic carbocycles. The van der Waals surface area contributed by atoms with Crippen LogP contribution in [-0.2, 0) is 9.59 Å². The number of carbonyl (C=O) groups excluding carboxylic acids is 2. The fourth-order valence-corrected chi connectivity index (χ4v) is 4.88. The molecule has 0 bridgehead atoms. The van der Waals surface area contributed by atoms with E-state index in [1.807, 2.05) is 0 Å². The second kappa shape index (κ2) is 10.4. The lowest BCUT2D eigenvalue weighted by Crippen LogP contribution is -2.29. The van der Waals surface area contributed by atoms with Crippen molar-refractivity contribution in [2.24, 2.45) is 0 Å². The van der Waals surface area contributed by atoms with Gasteiger partial charge in [0.2, 0.25) is 0 Å². The van der Waals surface area contributed by atoms with E-state index in [4.69, 9.17) is 44.3 Å². The van der Waals surface area contributed by atoms with Crippen LogP contribution in [-0.4, -0.2) is 40.7 Å². The Morgan fingerprint density at radius 3 is 2.35 bits per heavy atom. The smallest absolute Gasteiger partial charge is 0.300 e. The highest BCUT2D eigenvalue weighted by atomic mass is 35.5. The fourth-order valence-electron chi connectivity index (χ4n) is 4.15. The Morgan fingerprint density at radius 1 is 0.973 bits per heavy atom. The van der Waals surface area contributed by atoms with Crippen molar-refractivity contribution in [1.29, 1.82) is 0 Å². The number of ether oxygens (including phenoxy) is 2. The summed E-state index contributed by atoms with van der Waals surface area (Å²) in [6.45, 7) is 1.95. The summed E-state index contributed by atoms with van der Waals surface area (Å²) in [5.74, 6) is -3.09. The summed E-state index contributed by atoms with van der Waals surface area (Å²) in [5, 5.41) is 32.6. The summed E-state index contributed by atoms with van der Waals surface area (Å²) in [7, 11) is 1.32. The first-order chi connectivity index (χ1) is 17.6. The molecule has 8 nitrogen and oxygen atoms in total. The van der Waals surface area contributed by atoms with Crippen molar-refractivity contribution < 1.29 is 34.4 Å². The first-order valence-electron chi connectivity index (χ1n) is 10.9. The van der Waals surface area contributed by atoms with Crippen LogP contribution in [0.4, 0.5) is 5.69 Å². The number of rotatable bonds is 6. The lowest BCUT2D eigenvalue weighted by molar-refractivity contribution is -0.132. The van der Waals surface area contributed by atoms with Gasteiger partial charge < -0.3 is 24.8 Å². The zero-order chi connectivity index (χ0) is 27.0. The number of hydrogen-bond donors (Lipinski definition) is 3. The van der Waals surface area contributed by atoms with Crippen LogP contribution in [0, 0.1) is 0 Å². The number of phenols is 2. The maximum Gasteiger partial charge on any atom is 0.300 e. The van der Waals surface area contributed by atoms with Gasteiger partial charge in [0.1, 0.15) is 17.3 Å². The van der Waals surface area contributed by atoms with Gasteiger partial charge in [-0.25, -0.2) is 0 Å². The molecule has 1 amide bonds. The normalized spacial score (nSPS) is 16.8. The second-order valence-electron chi connectivity index (χ2n) is 7.93. The molecule has 1 aliphatic heterocycles. The van der Waals surface area contributed by atoms with Crippen LogP contribution >= 0.6 is 34.8 Å². The first-order valence-corrected chi connectivity index (χ1v) is 12.0. The van der Waals surface area contributed by atoms with E-state index in [0.717, 1.165) is 4.90 Å². The van der Waals surface area contributed by atoms with E-state index in [0.29, 0.717) is 0 Å². The summed E-state index contributed by atoms with van der Waals surface area (Å²) in [6, 6.07) is 9.68. The maximum absolute atomic E-state index is 13.4. The molecule has 0 spiro atoms. The number of halogens is 3. The van der Waals surface area contributed by atoms with Crippen LogP contribution in [0.2, 0.25) is 15.1 Å². The molecule has 4 rings (SSSR count). The molecule has 37 heavy (non-hydrogen) atoms. The molecule has 0 radical (unpaired) electrons. The van der Waals surface area contributed by atoms with Gasteiger partial charge in [-0.3, -0.25) is 14.5 Å². The van der Waals surface area contributed by atoms with Crippen molar-refractivity contribution in [3.8, 4) is 23.0 Å². The largest absolute Gasteiger partial charge is 0.507 e. The van der Waals surface area contributed by atoms with E-state index in [2.05, 4.69) is 0 Å². The molecule has 0 saturated carbocycles. The van der Waals surface area contributed by atoms with Gasteiger partial charge in [-0.15, -0.1) is 0 Å². The Labute approximate surface area is 226 Å². The lowest BCUT2D eigenvalue weighted by Gasteiger charge is -2.26. The molecule has 3 aromatic carbocycles. The summed E-state index contributed by atoms with van der Waals surface area (Å²) >= 11 is 18.5. The SMILES string of the molecule is CCOc1cc(C2/C(=C(\O)c3cc(Cl)cc(Cl)c3OC)C(=O)C(=O)N2c2cc(Cl)ccc2O)ccc1O. The molecule has 0 aromatic heterocycles. The lowest BCUT2D eigenvalue weighted by atomic mass is 9.94. The molecule has 3 aromatic rings. The Hall–Kier alpha value is -3.59. The number of phenolic OH excluding ortho intramolecular Hbond substituents is 2. The summed E-state index contributed by atoms with van der Waals surface area (Å²) in [5.41, 5.74) is -0.148. The topological polar surface area (TPSA) is 117 Å². The van der Waals surface area contributed by atoms with Gasteiger partial charge in [0.15, 0.2) is 11.5 Å². The third kappa shape index (κ3) is 4.75. The Balaban J connectivity index is 2.06. The molecular weight excluding hydrogens is 545 g/mol. The first kappa shape index (κ1) is 26.5. The number of hydrogen-bond acceptors (Lipinski definition) is 7. The second-order valence-corrected chi connectivity index (χ2v) is 9.21. The van der Waals surface area contributed by atoms with Crippen LogP contribution < -0.4 is 14.4 Å². The number of methoxy groups -OCH3 is 1. The highest BCUT2D eigenvalue weighted by Gasteiger charge is 2.48. The van der Waals surface area contributed by atoms with Crippen molar-refractivity contribution in [1.82, 2.24) is 0 Å². The fraction of sp³-hybridized carbons (Fsp3) is 0.154. The van der Waals surface area contributed by atoms with Crippen molar-refractivity contribution in [2.75, 3.05) is 18.6 Å². The number of ketones is 1. The van der Waals surface area contributed by atoms with Crippen molar-refractivity contribution >= 4 is 57.9 Å². The Bertz CT molecular complexity index is 1450. The summed E-state index contributed by atoms with van der Waals surface area (Å²) in [4.78, 5) is 27.8. The molecule has 1 unspecified atom stereocenters. The molecule has 1 atom stereocenters. The maximum atomic E-state index is 13.4. The van der Waals surface area contributed by atoms with Crippen LogP contribution in [0.25, 0.3) is 5.76 Å². The number of aromatic hydroxyl groups is 2. The van der Waals surface area contributed by atoms with Gasteiger partial charge in [-0.2, -0.15) is 0 Å². The standard InChI is InChI=1S/C26H20Cl3NO7/c1-3-37-20-8-12(4-6-19(20)32)22-21(23(33)15-9-14(28)10-16(29)25(15)36-2)24(34)26(35)30(22)17-11-13(27)5-7-18(17)31/h4-11,22,31-33H,3H2,1-2H3/b23-21+. The molecule has 3 N–H and O–H groups in total. The number of benzene rings is 3. The van der Waals surface area contributed by atoms with E-state index in [9.17, 15) is 24.9 Å². The van der Waals surface area contributed by atoms with Gasteiger partial charge in [0, 0.05) is 10.0 Å².